The summed E-state index contributed by atoms with van der Waals surface area (Å²) in [7, 11) is 2.07. The summed E-state index contributed by atoms with van der Waals surface area (Å²) in [5, 5.41) is 3.44. The van der Waals surface area contributed by atoms with Gasteiger partial charge in [-0.2, -0.15) is 0 Å². The van der Waals surface area contributed by atoms with Crippen molar-refractivity contribution < 1.29 is 0 Å². The Labute approximate surface area is 120 Å². The molecular formula is C15H24IN. The van der Waals surface area contributed by atoms with E-state index in [0.717, 1.165) is 6.42 Å². The Balaban J connectivity index is 2.49. The molecule has 17 heavy (non-hydrogen) atoms. The van der Waals surface area contributed by atoms with Crippen LogP contribution in [0.25, 0.3) is 0 Å². The third kappa shape index (κ3) is 6.41. The lowest BCUT2D eigenvalue weighted by atomic mass is 9.87. The van der Waals surface area contributed by atoms with E-state index < -0.39 is 0 Å². The molecule has 0 fully saturated rings. The summed E-state index contributed by atoms with van der Waals surface area (Å²) in [5.41, 5.74) is 1.86. The van der Waals surface area contributed by atoms with E-state index in [-0.39, 0.29) is 0 Å². The third-order valence-corrected chi connectivity index (χ3v) is 3.77. The third-order valence-electron chi connectivity index (χ3n) is 3.05. The fourth-order valence-corrected chi connectivity index (χ4v) is 2.22. The van der Waals surface area contributed by atoms with Crippen LogP contribution in [0.15, 0.2) is 24.3 Å². The largest absolute Gasteiger partial charge is 0.317 e. The Bertz CT molecular complexity index is 324. The lowest BCUT2D eigenvalue weighted by molar-refractivity contribution is 0.334. The SMILES string of the molecule is CNC(CCC(C)(C)C)Cc1ccc(I)cc1. The standard InChI is InChI=1S/C15H24IN/c1-15(2,3)10-9-14(17-4)11-12-5-7-13(16)8-6-12/h5-8,14,17H,9-11H2,1-4H3. The van der Waals surface area contributed by atoms with Gasteiger partial charge in [-0.25, -0.2) is 0 Å². The molecule has 0 aromatic heterocycles. The summed E-state index contributed by atoms with van der Waals surface area (Å²) < 4.78 is 1.31. The first-order chi connectivity index (χ1) is 7.90. The van der Waals surface area contributed by atoms with E-state index in [1.807, 2.05) is 0 Å². The lowest BCUT2D eigenvalue weighted by Crippen LogP contribution is -2.28. The fourth-order valence-electron chi connectivity index (χ4n) is 1.86. The van der Waals surface area contributed by atoms with Gasteiger partial charge < -0.3 is 5.32 Å². The summed E-state index contributed by atoms with van der Waals surface area (Å²) in [5.74, 6) is 0. The Morgan fingerprint density at radius 3 is 2.24 bits per heavy atom. The molecule has 0 spiro atoms. The zero-order valence-corrected chi connectivity index (χ0v) is 13.5. The van der Waals surface area contributed by atoms with Gasteiger partial charge in [0.05, 0.1) is 0 Å². The van der Waals surface area contributed by atoms with Crippen molar-refractivity contribution in [1.29, 1.82) is 0 Å². The summed E-state index contributed by atoms with van der Waals surface area (Å²) in [6.07, 6.45) is 3.64. The van der Waals surface area contributed by atoms with Gasteiger partial charge in [0, 0.05) is 9.61 Å². The highest BCUT2D eigenvalue weighted by Gasteiger charge is 2.14. The van der Waals surface area contributed by atoms with Crippen molar-refractivity contribution in [3.63, 3.8) is 0 Å². The molecule has 0 saturated carbocycles. The molecule has 0 radical (unpaired) electrons. The maximum Gasteiger partial charge on any atom is 0.0130 e. The maximum absolute atomic E-state index is 3.44. The molecule has 0 aliphatic rings. The number of rotatable bonds is 5. The molecule has 1 rings (SSSR count). The summed E-state index contributed by atoms with van der Waals surface area (Å²) in [6.45, 7) is 6.93. The van der Waals surface area contributed by atoms with Crippen LogP contribution in [0.4, 0.5) is 0 Å². The summed E-state index contributed by atoms with van der Waals surface area (Å²) >= 11 is 2.35. The van der Waals surface area contributed by atoms with Gasteiger partial charge in [-0.15, -0.1) is 0 Å². The Morgan fingerprint density at radius 2 is 1.76 bits per heavy atom. The van der Waals surface area contributed by atoms with Crippen molar-refractivity contribution in [1.82, 2.24) is 5.32 Å². The molecule has 0 bridgehead atoms. The van der Waals surface area contributed by atoms with E-state index in [1.54, 1.807) is 0 Å². The predicted molar refractivity (Wildman–Crippen MR) is 84.4 cm³/mol. The second-order valence-electron chi connectivity index (χ2n) is 5.92. The molecule has 1 atom stereocenters. The molecule has 2 heteroatoms. The van der Waals surface area contributed by atoms with Crippen LogP contribution >= 0.6 is 22.6 Å². The normalized spacial score (nSPS) is 13.7. The van der Waals surface area contributed by atoms with Gasteiger partial charge in [0.2, 0.25) is 0 Å². The molecular weight excluding hydrogens is 321 g/mol. The van der Waals surface area contributed by atoms with Crippen LogP contribution in [0.2, 0.25) is 0 Å². The minimum atomic E-state index is 0.432. The van der Waals surface area contributed by atoms with Crippen LogP contribution in [0.1, 0.15) is 39.2 Å². The Kier molecular flexibility index (Phi) is 5.93. The minimum Gasteiger partial charge on any atom is -0.317 e. The molecule has 0 heterocycles. The van der Waals surface area contributed by atoms with Crippen LogP contribution < -0.4 is 5.32 Å². The van der Waals surface area contributed by atoms with Gasteiger partial charge in [0.25, 0.3) is 0 Å². The van der Waals surface area contributed by atoms with Crippen molar-refractivity contribution in [2.75, 3.05) is 7.05 Å². The average Bonchev–Trinajstić information content (AvgIpc) is 2.25. The zero-order valence-electron chi connectivity index (χ0n) is 11.4. The molecule has 0 aliphatic heterocycles. The highest BCUT2D eigenvalue weighted by atomic mass is 127. The molecule has 1 N–H and O–H groups in total. The zero-order chi connectivity index (χ0) is 12.9. The second-order valence-corrected chi connectivity index (χ2v) is 7.16. The average molecular weight is 345 g/mol. The molecule has 1 nitrogen and oxygen atoms in total. The lowest BCUT2D eigenvalue weighted by Gasteiger charge is -2.23. The number of hydrogen-bond donors (Lipinski definition) is 1. The smallest absolute Gasteiger partial charge is 0.0130 e. The first-order valence-corrected chi connectivity index (χ1v) is 7.40. The van der Waals surface area contributed by atoms with Gasteiger partial charge in [-0.1, -0.05) is 32.9 Å². The van der Waals surface area contributed by atoms with E-state index >= 15 is 0 Å². The Morgan fingerprint density at radius 1 is 1.18 bits per heavy atom. The summed E-state index contributed by atoms with van der Waals surface area (Å²) in [4.78, 5) is 0. The van der Waals surface area contributed by atoms with Crippen LogP contribution in [0, 0.1) is 8.99 Å². The number of nitrogens with one attached hydrogen (secondary N) is 1. The van der Waals surface area contributed by atoms with Crippen molar-refractivity contribution in [2.24, 2.45) is 5.41 Å². The number of hydrogen-bond acceptors (Lipinski definition) is 1. The van der Waals surface area contributed by atoms with Crippen molar-refractivity contribution in [3.05, 3.63) is 33.4 Å². The van der Waals surface area contributed by atoms with Crippen LogP contribution in [0.3, 0.4) is 0 Å². The van der Waals surface area contributed by atoms with Gasteiger partial charge in [-0.3, -0.25) is 0 Å². The highest BCUT2D eigenvalue weighted by molar-refractivity contribution is 14.1. The first-order valence-electron chi connectivity index (χ1n) is 6.32. The number of likely N-dealkylation sites (N-methyl/N-ethyl adjacent to an activating group) is 1. The van der Waals surface area contributed by atoms with Gasteiger partial charge in [0.15, 0.2) is 0 Å². The molecule has 1 aromatic rings. The van der Waals surface area contributed by atoms with E-state index in [2.05, 4.69) is 80.0 Å². The van der Waals surface area contributed by atoms with E-state index in [4.69, 9.17) is 0 Å². The summed E-state index contributed by atoms with van der Waals surface area (Å²) in [6, 6.07) is 9.44. The van der Waals surface area contributed by atoms with E-state index in [0.29, 0.717) is 11.5 Å². The highest BCUT2D eigenvalue weighted by Crippen LogP contribution is 2.22. The fraction of sp³-hybridized carbons (Fsp3) is 0.600. The van der Waals surface area contributed by atoms with Crippen LogP contribution in [-0.2, 0) is 6.42 Å². The second kappa shape index (κ2) is 6.74. The van der Waals surface area contributed by atoms with Crippen LogP contribution in [0.5, 0.6) is 0 Å². The van der Waals surface area contributed by atoms with Gasteiger partial charge >= 0.3 is 0 Å². The van der Waals surface area contributed by atoms with Crippen molar-refractivity contribution in [2.45, 2.75) is 46.1 Å². The molecule has 1 aromatic carbocycles. The van der Waals surface area contributed by atoms with Crippen molar-refractivity contribution >= 4 is 22.6 Å². The van der Waals surface area contributed by atoms with Gasteiger partial charge in [-0.05, 0) is 72.0 Å². The van der Waals surface area contributed by atoms with E-state index in [9.17, 15) is 0 Å². The topological polar surface area (TPSA) is 12.0 Å². The number of halogens is 1. The molecule has 0 amide bonds. The van der Waals surface area contributed by atoms with E-state index in [1.165, 1.54) is 22.0 Å². The molecule has 1 unspecified atom stereocenters. The van der Waals surface area contributed by atoms with Crippen molar-refractivity contribution in [3.8, 4) is 0 Å². The quantitative estimate of drug-likeness (QED) is 0.787. The van der Waals surface area contributed by atoms with Crippen LogP contribution in [-0.4, -0.2) is 13.1 Å². The molecule has 0 saturated heterocycles. The monoisotopic (exact) mass is 345 g/mol. The molecule has 0 aliphatic carbocycles. The predicted octanol–water partition coefficient (Wildman–Crippen LogP) is 4.25. The van der Waals surface area contributed by atoms with Gasteiger partial charge in [0.1, 0.15) is 0 Å². The first kappa shape index (κ1) is 15.0. The Hall–Kier alpha value is -0.0900. The maximum atomic E-state index is 3.44. The number of benzene rings is 1. The minimum absolute atomic E-state index is 0.432. The molecule has 96 valence electrons.